The Bertz CT molecular complexity index is 557. The van der Waals surface area contributed by atoms with Crippen LogP contribution in [-0.2, 0) is 6.42 Å². The third-order valence-corrected chi connectivity index (χ3v) is 3.71. The van der Waals surface area contributed by atoms with Crippen molar-refractivity contribution in [2.45, 2.75) is 19.4 Å². The Labute approximate surface area is 116 Å². The zero-order chi connectivity index (χ0) is 13.1. The number of aliphatic hydroxyl groups excluding tert-OH is 1. The summed E-state index contributed by atoms with van der Waals surface area (Å²) in [6.45, 7) is 1.87. The number of nitrogens with zero attached hydrogens (tertiary/aromatic N) is 1. The van der Waals surface area contributed by atoms with Crippen molar-refractivity contribution in [1.82, 2.24) is 4.98 Å². The van der Waals surface area contributed by atoms with Crippen molar-refractivity contribution in [3.8, 4) is 0 Å². The SMILES string of the molecule is Cc1ncccc1C(O)Cc1cccc(Cl)c1Cl. The minimum atomic E-state index is -0.630. The average molecular weight is 282 g/mol. The number of halogens is 2. The molecule has 0 spiro atoms. The molecular weight excluding hydrogens is 269 g/mol. The molecule has 2 nitrogen and oxygen atoms in total. The molecule has 0 radical (unpaired) electrons. The third-order valence-electron chi connectivity index (χ3n) is 2.85. The molecule has 1 atom stereocenters. The summed E-state index contributed by atoms with van der Waals surface area (Å²) in [7, 11) is 0. The lowest BCUT2D eigenvalue weighted by Crippen LogP contribution is -2.05. The molecule has 0 bridgehead atoms. The molecular formula is C14H13Cl2NO. The van der Waals surface area contributed by atoms with Crippen LogP contribution in [0, 0.1) is 6.92 Å². The maximum Gasteiger partial charge on any atom is 0.0848 e. The zero-order valence-corrected chi connectivity index (χ0v) is 11.4. The average Bonchev–Trinajstić information content (AvgIpc) is 2.35. The number of hydrogen-bond donors (Lipinski definition) is 1. The molecule has 1 N–H and O–H groups in total. The van der Waals surface area contributed by atoms with E-state index in [0.29, 0.717) is 16.5 Å². The van der Waals surface area contributed by atoms with Crippen molar-refractivity contribution >= 4 is 23.2 Å². The molecule has 2 rings (SSSR count). The molecule has 0 saturated heterocycles. The van der Waals surface area contributed by atoms with E-state index in [9.17, 15) is 5.11 Å². The predicted octanol–water partition coefficient (Wildman–Crippen LogP) is 3.97. The number of benzene rings is 1. The van der Waals surface area contributed by atoms with E-state index >= 15 is 0 Å². The summed E-state index contributed by atoms with van der Waals surface area (Å²) in [6, 6.07) is 9.10. The van der Waals surface area contributed by atoms with Gasteiger partial charge in [0.2, 0.25) is 0 Å². The van der Waals surface area contributed by atoms with Gasteiger partial charge in [0.25, 0.3) is 0 Å². The molecule has 0 aliphatic carbocycles. The topological polar surface area (TPSA) is 33.1 Å². The second-order valence-electron chi connectivity index (χ2n) is 4.11. The molecule has 94 valence electrons. The first-order chi connectivity index (χ1) is 8.59. The van der Waals surface area contributed by atoms with Crippen molar-refractivity contribution in [3.63, 3.8) is 0 Å². The lowest BCUT2D eigenvalue weighted by molar-refractivity contribution is 0.177. The van der Waals surface area contributed by atoms with Crippen LogP contribution in [0.4, 0.5) is 0 Å². The largest absolute Gasteiger partial charge is 0.388 e. The number of aryl methyl sites for hydroxylation is 1. The van der Waals surface area contributed by atoms with E-state index in [2.05, 4.69) is 4.98 Å². The van der Waals surface area contributed by atoms with Gasteiger partial charge < -0.3 is 5.11 Å². The Balaban J connectivity index is 2.24. The highest BCUT2D eigenvalue weighted by atomic mass is 35.5. The van der Waals surface area contributed by atoms with E-state index in [1.165, 1.54) is 0 Å². The van der Waals surface area contributed by atoms with Crippen LogP contribution < -0.4 is 0 Å². The summed E-state index contributed by atoms with van der Waals surface area (Å²) in [5, 5.41) is 11.2. The molecule has 1 aromatic heterocycles. The smallest absolute Gasteiger partial charge is 0.0848 e. The summed E-state index contributed by atoms with van der Waals surface area (Å²) in [6.07, 6.45) is 1.50. The van der Waals surface area contributed by atoms with Gasteiger partial charge in [-0.15, -0.1) is 0 Å². The first kappa shape index (κ1) is 13.3. The number of hydrogen-bond acceptors (Lipinski definition) is 2. The normalized spacial score (nSPS) is 12.4. The Morgan fingerprint density at radius 1 is 1.22 bits per heavy atom. The Morgan fingerprint density at radius 3 is 2.72 bits per heavy atom. The third kappa shape index (κ3) is 2.83. The van der Waals surface area contributed by atoms with E-state index in [1.54, 1.807) is 12.3 Å². The van der Waals surface area contributed by atoms with Gasteiger partial charge in [0.15, 0.2) is 0 Å². The van der Waals surface area contributed by atoms with Crippen LogP contribution in [0.5, 0.6) is 0 Å². The maximum atomic E-state index is 10.2. The van der Waals surface area contributed by atoms with E-state index in [1.807, 2.05) is 31.2 Å². The summed E-state index contributed by atoms with van der Waals surface area (Å²) in [4.78, 5) is 4.16. The second-order valence-corrected chi connectivity index (χ2v) is 4.90. The van der Waals surface area contributed by atoms with Crippen LogP contribution >= 0.6 is 23.2 Å². The molecule has 0 amide bonds. The highest BCUT2D eigenvalue weighted by Gasteiger charge is 2.14. The first-order valence-corrected chi connectivity index (χ1v) is 6.37. The lowest BCUT2D eigenvalue weighted by Gasteiger charge is -2.14. The molecule has 0 saturated carbocycles. The molecule has 0 aliphatic heterocycles. The molecule has 0 aliphatic rings. The molecule has 1 unspecified atom stereocenters. The highest BCUT2D eigenvalue weighted by Crippen LogP contribution is 2.29. The molecule has 4 heteroatoms. The first-order valence-electron chi connectivity index (χ1n) is 5.62. The predicted molar refractivity (Wildman–Crippen MR) is 74.1 cm³/mol. The number of aromatic nitrogens is 1. The van der Waals surface area contributed by atoms with E-state index in [0.717, 1.165) is 16.8 Å². The van der Waals surface area contributed by atoms with Gasteiger partial charge in [-0.25, -0.2) is 0 Å². The summed E-state index contributed by atoms with van der Waals surface area (Å²) >= 11 is 12.1. The molecule has 0 fully saturated rings. The van der Waals surface area contributed by atoms with Gasteiger partial charge in [0.05, 0.1) is 16.1 Å². The van der Waals surface area contributed by atoms with Gasteiger partial charge in [-0.05, 0) is 24.6 Å². The molecule has 2 aromatic rings. The number of pyridine rings is 1. The molecule has 1 aromatic carbocycles. The van der Waals surface area contributed by atoms with Gasteiger partial charge in [0, 0.05) is 23.9 Å². The van der Waals surface area contributed by atoms with E-state index in [-0.39, 0.29) is 0 Å². The van der Waals surface area contributed by atoms with Gasteiger partial charge in [-0.2, -0.15) is 0 Å². The van der Waals surface area contributed by atoms with Gasteiger partial charge in [0.1, 0.15) is 0 Å². The molecule has 18 heavy (non-hydrogen) atoms. The van der Waals surface area contributed by atoms with E-state index in [4.69, 9.17) is 23.2 Å². The summed E-state index contributed by atoms with van der Waals surface area (Å²) in [5.41, 5.74) is 2.47. The maximum absolute atomic E-state index is 10.2. The Hall–Kier alpha value is -1.09. The summed E-state index contributed by atoms with van der Waals surface area (Å²) in [5.74, 6) is 0. The number of rotatable bonds is 3. The zero-order valence-electron chi connectivity index (χ0n) is 9.90. The highest BCUT2D eigenvalue weighted by molar-refractivity contribution is 6.42. The van der Waals surface area contributed by atoms with Crippen LogP contribution in [0.25, 0.3) is 0 Å². The fourth-order valence-corrected chi connectivity index (χ4v) is 2.27. The second kappa shape index (κ2) is 5.70. The fourth-order valence-electron chi connectivity index (χ4n) is 1.87. The van der Waals surface area contributed by atoms with Gasteiger partial charge >= 0.3 is 0 Å². The quantitative estimate of drug-likeness (QED) is 0.923. The number of aliphatic hydroxyl groups is 1. The van der Waals surface area contributed by atoms with Crippen molar-refractivity contribution in [2.24, 2.45) is 0 Å². The fraction of sp³-hybridized carbons (Fsp3) is 0.214. The van der Waals surface area contributed by atoms with E-state index < -0.39 is 6.10 Å². The van der Waals surface area contributed by atoms with Crippen LogP contribution in [0.15, 0.2) is 36.5 Å². The standard InChI is InChI=1S/C14H13Cl2NO/c1-9-11(5-3-7-17-9)13(18)8-10-4-2-6-12(15)14(10)16/h2-7,13,18H,8H2,1H3. The van der Waals surface area contributed by atoms with Crippen molar-refractivity contribution in [3.05, 3.63) is 63.4 Å². The van der Waals surface area contributed by atoms with Crippen molar-refractivity contribution in [1.29, 1.82) is 0 Å². The van der Waals surface area contributed by atoms with Crippen molar-refractivity contribution < 1.29 is 5.11 Å². The minimum Gasteiger partial charge on any atom is -0.388 e. The lowest BCUT2D eigenvalue weighted by atomic mass is 10.0. The summed E-state index contributed by atoms with van der Waals surface area (Å²) < 4.78 is 0. The van der Waals surface area contributed by atoms with Crippen LogP contribution in [0.2, 0.25) is 10.0 Å². The van der Waals surface area contributed by atoms with Crippen LogP contribution in [0.1, 0.15) is 22.9 Å². The Morgan fingerprint density at radius 2 is 2.00 bits per heavy atom. The monoisotopic (exact) mass is 281 g/mol. The minimum absolute atomic E-state index is 0.423. The van der Waals surface area contributed by atoms with Crippen molar-refractivity contribution in [2.75, 3.05) is 0 Å². The Kier molecular flexibility index (Phi) is 4.23. The van der Waals surface area contributed by atoms with Crippen LogP contribution in [-0.4, -0.2) is 10.1 Å². The van der Waals surface area contributed by atoms with Gasteiger partial charge in [-0.1, -0.05) is 41.4 Å². The molecule has 1 heterocycles. The van der Waals surface area contributed by atoms with Gasteiger partial charge in [-0.3, -0.25) is 4.98 Å². The van der Waals surface area contributed by atoms with Crippen LogP contribution in [0.3, 0.4) is 0 Å².